The van der Waals surface area contributed by atoms with Crippen LogP contribution in [-0.4, -0.2) is 23.8 Å². The van der Waals surface area contributed by atoms with Gasteiger partial charge in [0, 0.05) is 0 Å². The highest BCUT2D eigenvalue weighted by molar-refractivity contribution is 5.64. The van der Waals surface area contributed by atoms with E-state index in [-0.39, 0.29) is 12.6 Å². The molecule has 0 aliphatic carbocycles. The van der Waals surface area contributed by atoms with E-state index < -0.39 is 6.09 Å². The molecule has 9 heavy (non-hydrogen) atoms. The largest absolute Gasteiger partial charge is 0.465 e. The minimum atomic E-state index is -1.07. The van der Waals surface area contributed by atoms with Gasteiger partial charge in [0.25, 0.3) is 0 Å². The van der Waals surface area contributed by atoms with Crippen molar-refractivity contribution < 1.29 is 14.7 Å². The SMILES string of the molecule is C[C@H](CON)NC(=O)O. The molecule has 0 spiro atoms. The van der Waals surface area contributed by atoms with Crippen molar-refractivity contribution in [1.29, 1.82) is 0 Å². The van der Waals surface area contributed by atoms with Gasteiger partial charge in [-0.2, -0.15) is 0 Å². The molecule has 0 bridgehead atoms. The zero-order valence-corrected chi connectivity index (χ0v) is 5.13. The predicted molar refractivity (Wildman–Crippen MR) is 30.8 cm³/mol. The molecule has 0 saturated heterocycles. The van der Waals surface area contributed by atoms with Gasteiger partial charge in [0.1, 0.15) is 0 Å². The Balaban J connectivity index is 3.26. The van der Waals surface area contributed by atoms with E-state index in [1.165, 1.54) is 0 Å². The third-order valence-electron chi connectivity index (χ3n) is 0.716. The molecule has 0 rings (SSSR count). The van der Waals surface area contributed by atoms with Crippen LogP contribution in [0.15, 0.2) is 0 Å². The molecule has 0 fully saturated rings. The number of hydrogen-bond acceptors (Lipinski definition) is 3. The molecule has 4 N–H and O–H groups in total. The maximum absolute atomic E-state index is 9.88. The smallest absolute Gasteiger partial charge is 0.404 e. The normalized spacial score (nSPS) is 12.7. The second-order valence-corrected chi connectivity index (χ2v) is 1.68. The summed E-state index contributed by atoms with van der Waals surface area (Å²) in [4.78, 5) is 14.1. The summed E-state index contributed by atoms with van der Waals surface area (Å²) in [5.74, 6) is 4.67. The number of amides is 1. The van der Waals surface area contributed by atoms with Crippen LogP contribution in [0.4, 0.5) is 4.79 Å². The molecule has 0 unspecified atom stereocenters. The lowest BCUT2D eigenvalue weighted by atomic mass is 10.4. The number of nitrogens with one attached hydrogen (secondary N) is 1. The number of rotatable bonds is 3. The summed E-state index contributed by atoms with van der Waals surface area (Å²) in [6.07, 6.45) is -1.07. The Labute approximate surface area is 52.7 Å². The highest BCUT2D eigenvalue weighted by atomic mass is 16.6. The minimum Gasteiger partial charge on any atom is -0.465 e. The fourth-order valence-corrected chi connectivity index (χ4v) is 0.397. The molecule has 0 radical (unpaired) electrons. The van der Waals surface area contributed by atoms with Crippen LogP contribution in [0.25, 0.3) is 0 Å². The van der Waals surface area contributed by atoms with Crippen molar-refractivity contribution in [3.8, 4) is 0 Å². The summed E-state index contributed by atoms with van der Waals surface area (Å²) in [6, 6.07) is -0.257. The second kappa shape index (κ2) is 4.11. The van der Waals surface area contributed by atoms with Gasteiger partial charge in [-0.3, -0.25) is 0 Å². The average molecular weight is 134 g/mol. The first kappa shape index (κ1) is 8.19. The number of carbonyl (C=O) groups is 1. The Kier molecular flexibility index (Phi) is 3.74. The Morgan fingerprint density at radius 2 is 2.56 bits per heavy atom. The molecule has 5 heteroatoms. The molecule has 0 aliphatic heterocycles. The lowest BCUT2D eigenvalue weighted by Gasteiger charge is -2.07. The van der Waals surface area contributed by atoms with Crippen LogP contribution in [-0.2, 0) is 4.84 Å². The van der Waals surface area contributed by atoms with Crippen molar-refractivity contribution in [2.45, 2.75) is 13.0 Å². The molecule has 1 atom stereocenters. The van der Waals surface area contributed by atoms with Crippen LogP contribution in [0.3, 0.4) is 0 Å². The monoisotopic (exact) mass is 134 g/mol. The lowest BCUT2D eigenvalue weighted by Crippen LogP contribution is -2.35. The lowest BCUT2D eigenvalue weighted by molar-refractivity contribution is 0.115. The number of nitrogens with two attached hydrogens (primary N) is 1. The summed E-state index contributed by atoms with van der Waals surface area (Å²) in [5.41, 5.74) is 0. The fraction of sp³-hybridized carbons (Fsp3) is 0.750. The third kappa shape index (κ3) is 5.05. The van der Waals surface area contributed by atoms with Gasteiger partial charge in [-0.25, -0.2) is 10.7 Å². The van der Waals surface area contributed by atoms with Crippen LogP contribution in [0, 0.1) is 0 Å². The molecule has 0 aromatic carbocycles. The zero-order chi connectivity index (χ0) is 7.28. The summed E-state index contributed by atoms with van der Waals surface area (Å²) in [6.45, 7) is 1.84. The predicted octanol–water partition coefficient (Wildman–Crippen LogP) is -0.467. The van der Waals surface area contributed by atoms with Crippen LogP contribution in [0.5, 0.6) is 0 Å². The molecular formula is C4H10N2O3. The Bertz CT molecular complexity index is 95.8. The summed E-state index contributed by atoms with van der Waals surface area (Å²) < 4.78 is 0. The quantitative estimate of drug-likeness (QED) is 0.456. The van der Waals surface area contributed by atoms with Crippen molar-refractivity contribution in [2.75, 3.05) is 6.61 Å². The Morgan fingerprint density at radius 1 is 2.00 bits per heavy atom. The Morgan fingerprint density at radius 3 is 2.89 bits per heavy atom. The zero-order valence-electron chi connectivity index (χ0n) is 5.13. The highest BCUT2D eigenvalue weighted by Gasteiger charge is 2.02. The van der Waals surface area contributed by atoms with Gasteiger partial charge in [0.2, 0.25) is 0 Å². The van der Waals surface area contributed by atoms with Gasteiger partial charge in [-0.1, -0.05) is 0 Å². The summed E-state index contributed by atoms with van der Waals surface area (Å²) >= 11 is 0. The van der Waals surface area contributed by atoms with Gasteiger partial charge in [-0.05, 0) is 6.92 Å². The second-order valence-electron chi connectivity index (χ2n) is 1.68. The summed E-state index contributed by atoms with van der Waals surface area (Å²) in [5, 5.41) is 10.3. The Hall–Kier alpha value is -0.810. The molecule has 54 valence electrons. The third-order valence-corrected chi connectivity index (χ3v) is 0.716. The standard InChI is InChI=1S/C4H10N2O3/c1-3(2-9-5)6-4(7)8/h3,6H,2,5H2,1H3,(H,7,8)/t3-/m1/s1. The van der Waals surface area contributed by atoms with Crippen molar-refractivity contribution in [1.82, 2.24) is 5.32 Å². The van der Waals surface area contributed by atoms with Crippen molar-refractivity contribution in [3.63, 3.8) is 0 Å². The van der Waals surface area contributed by atoms with Crippen molar-refractivity contribution in [3.05, 3.63) is 0 Å². The van der Waals surface area contributed by atoms with Crippen molar-refractivity contribution in [2.24, 2.45) is 5.90 Å². The maximum atomic E-state index is 9.88. The minimum absolute atomic E-state index is 0.187. The van der Waals surface area contributed by atoms with E-state index in [4.69, 9.17) is 5.11 Å². The maximum Gasteiger partial charge on any atom is 0.404 e. The van der Waals surface area contributed by atoms with E-state index in [0.29, 0.717) is 0 Å². The average Bonchev–Trinajstić information content (AvgIpc) is 1.63. The van der Waals surface area contributed by atoms with Crippen LogP contribution in [0.1, 0.15) is 6.92 Å². The molecule has 1 amide bonds. The molecule has 0 saturated carbocycles. The van der Waals surface area contributed by atoms with E-state index in [1.807, 2.05) is 0 Å². The molecule has 5 nitrogen and oxygen atoms in total. The van der Waals surface area contributed by atoms with Crippen LogP contribution in [0.2, 0.25) is 0 Å². The molecule has 0 aromatic rings. The first-order valence-corrected chi connectivity index (χ1v) is 2.48. The van der Waals surface area contributed by atoms with Gasteiger partial charge < -0.3 is 15.3 Å². The number of carboxylic acid groups (broad SMARTS) is 1. The van der Waals surface area contributed by atoms with Gasteiger partial charge in [0.05, 0.1) is 12.6 Å². The van der Waals surface area contributed by atoms with Gasteiger partial charge >= 0.3 is 6.09 Å². The first-order valence-electron chi connectivity index (χ1n) is 2.48. The van der Waals surface area contributed by atoms with Crippen LogP contribution >= 0.6 is 0 Å². The molecule has 0 aliphatic rings. The van der Waals surface area contributed by atoms with E-state index in [1.54, 1.807) is 6.92 Å². The molecular weight excluding hydrogens is 124 g/mol. The molecule has 0 aromatic heterocycles. The van der Waals surface area contributed by atoms with Crippen molar-refractivity contribution >= 4 is 6.09 Å². The van der Waals surface area contributed by atoms with E-state index >= 15 is 0 Å². The highest BCUT2D eigenvalue weighted by Crippen LogP contribution is 1.78. The fourth-order valence-electron chi connectivity index (χ4n) is 0.397. The number of hydrogen-bond donors (Lipinski definition) is 3. The molecule has 0 heterocycles. The van der Waals surface area contributed by atoms with E-state index in [2.05, 4.69) is 16.1 Å². The van der Waals surface area contributed by atoms with Gasteiger partial charge in [-0.15, -0.1) is 0 Å². The first-order chi connectivity index (χ1) is 4.16. The van der Waals surface area contributed by atoms with Crippen LogP contribution < -0.4 is 11.2 Å². The van der Waals surface area contributed by atoms with Gasteiger partial charge in [0.15, 0.2) is 0 Å². The topological polar surface area (TPSA) is 84.6 Å². The van der Waals surface area contributed by atoms with E-state index in [9.17, 15) is 4.79 Å². The summed E-state index contributed by atoms with van der Waals surface area (Å²) in [7, 11) is 0. The van der Waals surface area contributed by atoms with E-state index in [0.717, 1.165) is 0 Å².